The average Bonchev–Trinajstić information content (AvgIpc) is 1.65. The predicted octanol–water partition coefficient (Wildman–Crippen LogP) is 22.4. The van der Waals surface area contributed by atoms with E-state index in [0.29, 0.717) is 67.7 Å². The summed E-state index contributed by atoms with van der Waals surface area (Å²) in [5, 5.41) is 59.6. The van der Waals surface area contributed by atoms with Crippen LogP contribution < -0.4 is 42.0 Å². The van der Waals surface area contributed by atoms with Gasteiger partial charge in [-0.05, 0) is 261 Å². The lowest BCUT2D eigenvalue weighted by atomic mass is 10.0. The third-order valence-corrected chi connectivity index (χ3v) is 25.3. The van der Waals surface area contributed by atoms with Gasteiger partial charge in [-0.3, -0.25) is 89.0 Å². The van der Waals surface area contributed by atoms with Crippen molar-refractivity contribution in [1.82, 2.24) is 90.6 Å². The molecule has 0 unspecified atom stereocenters. The summed E-state index contributed by atoms with van der Waals surface area (Å²) in [4.78, 5) is 116. The van der Waals surface area contributed by atoms with Crippen LogP contribution in [0.25, 0.3) is 110 Å². The molecular formula is C117H101N25O8. The standard InChI is InChI=1S/C25H18N4O2.C24H23N5O.C23H19N5O2.C23H21N5O.C22H20N6O2/c30-25(27-19-7-3-1-4-8-19)24-22-14-17(11-12-23(22)28-29-24)18-13-21(16-26-15-18)31-20-9-5-2-6-10-20;30-24(26-20-6-2-1-3-7-20)23-21-13-18(8-9-22(21)27-28-23)19-12-17(14-25-15-19)16-29-10-4-5-11-29;29-22(14-6-7-14)26-18-10-16(12-24-13-18)15-8-9-20-19(11-15)21(28-27-20)23(30)25-17-4-2-1-3-5-17;29-23(25-19-5-2-1-3-6-19)22-20-12-17(7-8-21(20)26-27-22)18-11-16(13-24-14-18)15-28-9-4-10-28;1-28(2)22(30)25-17-10-15(12-23-13-17)14-8-9-19-18(11-14)20(27-26-19)21(29)24-16-6-4-3-5-7-16/h1-16H,(H,27,30)(H,28,29);1-3,6-9,12-15H,4-5,10-11,16H2,(H,26,30)(H,27,28);1-5,8-14H,6-7H2,(H,25,30)(H,26,29)(H,27,28);1-3,5-8,11-14H,4,9-10,15H2,(H,25,29)(H,26,27);3-13H,1-2H3,(H,24,29)(H,25,30)(H,26,27). The predicted molar refractivity (Wildman–Crippen MR) is 584 cm³/mol. The van der Waals surface area contributed by atoms with Crippen LogP contribution in [0.2, 0.25) is 0 Å². The molecule has 0 atom stereocenters. The second-order valence-electron chi connectivity index (χ2n) is 36.4. The third kappa shape index (κ3) is 24.3. The number of urea groups is 1. The quantitative estimate of drug-likeness (QED) is 0.0267. The Balaban J connectivity index is 0.000000113. The Kier molecular flexibility index (Phi) is 29.9. The fourth-order valence-electron chi connectivity index (χ4n) is 17.3. The SMILES string of the molecule is CN(C)C(=O)Nc1cncc(-c2ccc3[nH]nc(C(=O)Nc4ccccc4)c3c2)c1.O=C(Nc1ccccc1)c1n[nH]c2ccc(-c3cncc(CN4CCC4)c3)cc12.O=C(Nc1ccccc1)c1n[nH]c2ccc(-c3cncc(CN4CCCC4)c3)cc12.O=C(Nc1ccccc1)c1n[nH]c2ccc(-c3cncc(NC(=O)C4CC4)c3)cc12.O=C(Nc1ccccc1)c1n[nH]c2ccc(-c3cncc(Oc4ccccc4)c3)cc12. The highest BCUT2D eigenvalue weighted by Crippen LogP contribution is 2.37. The number of fused-ring (bicyclic) bond motifs is 5. The fraction of sp³-hybridized carbons (Fsp3) is 0.120. The number of hydrogen-bond acceptors (Lipinski definition) is 20. The molecule has 24 rings (SSSR count). The first-order valence-corrected chi connectivity index (χ1v) is 48.9. The van der Waals surface area contributed by atoms with E-state index in [2.05, 4.69) is 135 Å². The number of carbonyl (C=O) groups excluding carboxylic acids is 7. The number of H-pyrrole nitrogens is 5. The number of nitrogens with zero attached hydrogens (tertiary/aromatic N) is 13. The van der Waals surface area contributed by atoms with Crippen molar-refractivity contribution in [1.29, 1.82) is 0 Å². The highest BCUT2D eigenvalue weighted by Gasteiger charge is 2.30. The molecule has 3 fully saturated rings. The first-order chi connectivity index (χ1) is 73.5. The van der Waals surface area contributed by atoms with E-state index in [1.807, 2.05) is 316 Å². The van der Waals surface area contributed by atoms with E-state index in [1.54, 1.807) is 51.3 Å². The van der Waals surface area contributed by atoms with Gasteiger partial charge in [0, 0.05) is 160 Å². The number of para-hydroxylation sites is 6. The zero-order valence-corrected chi connectivity index (χ0v) is 81.6. The molecular weight excluding hydrogens is 1880 g/mol. The van der Waals surface area contributed by atoms with Crippen LogP contribution in [-0.4, -0.2) is 172 Å². The number of nitrogens with one attached hydrogen (secondary N) is 12. The Bertz CT molecular complexity index is 8240. The molecule has 11 aromatic carbocycles. The lowest BCUT2D eigenvalue weighted by molar-refractivity contribution is -0.117. The third-order valence-electron chi connectivity index (χ3n) is 25.3. The van der Waals surface area contributed by atoms with Gasteiger partial charge in [0.2, 0.25) is 5.91 Å². The minimum atomic E-state index is -0.297. The van der Waals surface area contributed by atoms with Gasteiger partial charge >= 0.3 is 6.03 Å². The highest BCUT2D eigenvalue weighted by atomic mass is 16.5. The lowest BCUT2D eigenvalue weighted by Gasteiger charge is -2.30. The molecule has 8 amide bonds. The fourth-order valence-corrected chi connectivity index (χ4v) is 17.3. The van der Waals surface area contributed by atoms with E-state index in [0.717, 1.165) is 174 Å². The topological polar surface area (TPSA) is 430 Å². The largest absolute Gasteiger partial charge is 0.456 e. The van der Waals surface area contributed by atoms with Crippen molar-refractivity contribution >= 4 is 136 Å². The van der Waals surface area contributed by atoms with Gasteiger partial charge < -0.3 is 46.9 Å². The van der Waals surface area contributed by atoms with Crippen molar-refractivity contribution in [2.45, 2.75) is 45.2 Å². The van der Waals surface area contributed by atoms with E-state index < -0.39 is 0 Å². The smallest absolute Gasteiger partial charge is 0.321 e. The number of aromatic nitrogens is 15. The molecule has 2 aliphatic heterocycles. The second-order valence-corrected chi connectivity index (χ2v) is 36.4. The number of benzene rings is 11. The van der Waals surface area contributed by atoms with E-state index in [9.17, 15) is 33.6 Å². The maximum absolute atomic E-state index is 12.8. The molecule has 0 bridgehead atoms. The Hall–Kier alpha value is -19.7. The molecule has 1 saturated carbocycles. The number of aromatic amines is 5. The summed E-state index contributed by atoms with van der Waals surface area (Å²) in [5.74, 6) is 0.233. The van der Waals surface area contributed by atoms with E-state index >= 15 is 0 Å². The van der Waals surface area contributed by atoms with Crippen LogP contribution >= 0.6 is 0 Å². The van der Waals surface area contributed by atoms with Crippen molar-refractivity contribution in [3.8, 4) is 67.1 Å². The zero-order valence-electron chi connectivity index (χ0n) is 81.6. The summed E-state index contributed by atoms with van der Waals surface area (Å²) in [6.07, 6.45) is 23.4. The van der Waals surface area contributed by atoms with Crippen molar-refractivity contribution in [2.75, 3.05) is 77.5 Å². The summed E-state index contributed by atoms with van der Waals surface area (Å²) in [5.41, 5.74) is 22.3. The van der Waals surface area contributed by atoms with Gasteiger partial charge in [0.1, 0.15) is 11.5 Å². The molecule has 21 aromatic rings. The number of carbonyl (C=O) groups is 7. The lowest BCUT2D eigenvalue weighted by Crippen LogP contribution is -2.36. The summed E-state index contributed by atoms with van der Waals surface area (Å²) in [7, 11) is 3.34. The monoisotopic (exact) mass is 1980 g/mol. The Morgan fingerprint density at radius 2 is 0.560 bits per heavy atom. The molecule has 0 spiro atoms. The van der Waals surface area contributed by atoms with E-state index in [1.165, 1.54) is 35.3 Å². The van der Waals surface area contributed by atoms with Crippen molar-refractivity contribution in [3.63, 3.8) is 0 Å². The zero-order chi connectivity index (χ0) is 103. The molecule has 12 N–H and O–H groups in total. The molecule has 2 saturated heterocycles. The van der Waals surface area contributed by atoms with Crippen LogP contribution in [0.3, 0.4) is 0 Å². The van der Waals surface area contributed by atoms with Gasteiger partial charge in [0.15, 0.2) is 28.5 Å². The average molecular weight is 1990 g/mol. The van der Waals surface area contributed by atoms with Crippen molar-refractivity contribution in [2.24, 2.45) is 5.92 Å². The maximum atomic E-state index is 12.8. The first kappa shape index (κ1) is 97.8. The molecule has 3 aliphatic rings. The van der Waals surface area contributed by atoms with Crippen LogP contribution in [0.5, 0.6) is 11.5 Å². The van der Waals surface area contributed by atoms with Gasteiger partial charge in [0.25, 0.3) is 29.5 Å². The number of rotatable bonds is 24. The molecule has 150 heavy (non-hydrogen) atoms. The first-order valence-electron chi connectivity index (χ1n) is 48.9. The van der Waals surface area contributed by atoms with Crippen LogP contribution in [0.1, 0.15) is 95.7 Å². The number of anilines is 7. The molecule has 33 heteroatoms. The second kappa shape index (κ2) is 45.9. The van der Waals surface area contributed by atoms with Gasteiger partial charge in [-0.15, -0.1) is 0 Å². The maximum Gasteiger partial charge on any atom is 0.321 e. The van der Waals surface area contributed by atoms with Crippen LogP contribution in [0.4, 0.5) is 44.6 Å². The van der Waals surface area contributed by atoms with Gasteiger partial charge in [0.05, 0.1) is 57.5 Å². The minimum Gasteiger partial charge on any atom is -0.456 e. The van der Waals surface area contributed by atoms with Crippen molar-refractivity contribution < 1.29 is 38.3 Å². The summed E-state index contributed by atoms with van der Waals surface area (Å²) >= 11 is 0. The number of ether oxygens (including phenoxy) is 1. The number of amides is 8. The summed E-state index contributed by atoms with van der Waals surface area (Å²) < 4.78 is 5.90. The molecule has 33 nitrogen and oxygen atoms in total. The Labute approximate surface area is 860 Å². The van der Waals surface area contributed by atoms with Gasteiger partial charge in [-0.1, -0.05) is 140 Å². The van der Waals surface area contributed by atoms with E-state index in [4.69, 9.17) is 4.74 Å². The van der Waals surface area contributed by atoms with Crippen LogP contribution in [0.15, 0.2) is 365 Å². The molecule has 0 radical (unpaired) electrons. The normalized spacial score (nSPS) is 12.5. The summed E-state index contributed by atoms with van der Waals surface area (Å²) in [6.45, 7) is 6.49. The van der Waals surface area contributed by atoms with Crippen molar-refractivity contribution in [3.05, 3.63) is 405 Å². The molecule has 742 valence electrons. The van der Waals surface area contributed by atoms with Gasteiger partial charge in [-0.2, -0.15) is 25.5 Å². The number of likely N-dealkylation sites (tertiary alicyclic amines) is 2. The number of hydrogen-bond donors (Lipinski definition) is 12. The number of pyridine rings is 5. The van der Waals surface area contributed by atoms with Gasteiger partial charge in [-0.25, -0.2) is 4.79 Å². The Morgan fingerprint density at radius 3 is 0.860 bits per heavy atom. The molecule has 10 aromatic heterocycles. The van der Waals surface area contributed by atoms with Crippen LogP contribution in [0, 0.1) is 5.92 Å². The molecule has 12 heterocycles. The van der Waals surface area contributed by atoms with E-state index in [-0.39, 0.29) is 47.4 Å². The Morgan fingerprint density at radius 1 is 0.280 bits per heavy atom. The molecule has 1 aliphatic carbocycles. The van der Waals surface area contributed by atoms with Crippen LogP contribution in [-0.2, 0) is 17.9 Å². The highest BCUT2D eigenvalue weighted by molar-refractivity contribution is 6.16. The summed E-state index contributed by atoms with van der Waals surface area (Å²) in [6, 6.07) is 95.1. The minimum absolute atomic E-state index is 0.0408.